The average Bonchev–Trinajstić information content (AvgIpc) is 2.67. The minimum Gasteiger partial charge on any atom is -0.382 e. The fraction of sp³-hybridized carbons (Fsp3) is 0.583. The highest BCUT2D eigenvalue weighted by Gasteiger charge is 2.38. The predicted octanol–water partition coefficient (Wildman–Crippen LogP) is 2.34. The maximum Gasteiger partial charge on any atom is 0.416 e. The van der Waals surface area contributed by atoms with Gasteiger partial charge in [-0.1, -0.05) is 0 Å². The third-order valence-electron chi connectivity index (χ3n) is 2.88. The van der Waals surface area contributed by atoms with E-state index in [1.807, 2.05) is 23.9 Å². The molecule has 128 valence electrons. The van der Waals surface area contributed by atoms with Gasteiger partial charge in [-0.05, 0) is 22.0 Å². The lowest BCUT2D eigenvalue weighted by atomic mass is 10.3. The van der Waals surface area contributed by atoms with E-state index < -0.39 is 18.8 Å². The van der Waals surface area contributed by atoms with Crippen molar-refractivity contribution in [1.29, 1.82) is 0 Å². The summed E-state index contributed by atoms with van der Waals surface area (Å²) < 4.78 is 39.6. The molecule has 1 aromatic rings. The third-order valence-corrected chi connectivity index (χ3v) is 3.31. The number of alkyl halides is 3. The van der Waals surface area contributed by atoms with E-state index in [4.69, 9.17) is 5.11 Å². The van der Waals surface area contributed by atoms with Gasteiger partial charge in [0, 0.05) is 37.5 Å². The molecule has 22 heavy (non-hydrogen) atoms. The first-order valence-corrected chi connectivity index (χ1v) is 6.91. The van der Waals surface area contributed by atoms with E-state index in [9.17, 15) is 13.2 Å². The van der Waals surface area contributed by atoms with Crippen LogP contribution in [0.4, 0.5) is 13.2 Å². The number of aromatic nitrogens is 1. The number of halogens is 5. The first-order chi connectivity index (χ1) is 9.65. The zero-order valence-corrected chi connectivity index (χ0v) is 16.3. The standard InChI is InChI=1S/C12H18BrF3N4O.HI/c1-17-11(18-5-10(21)12(14,15)16)20(3)7-9-4-8(13)6-19(9)2;/h4,6,10,21H,5,7H2,1-3H3,(H,17,18);1H. The topological polar surface area (TPSA) is 52.8 Å². The number of nitrogens with zero attached hydrogens (tertiary/aromatic N) is 3. The van der Waals surface area contributed by atoms with Crippen molar-refractivity contribution >= 4 is 45.9 Å². The molecule has 1 atom stereocenters. The summed E-state index contributed by atoms with van der Waals surface area (Å²) >= 11 is 3.36. The van der Waals surface area contributed by atoms with Gasteiger partial charge < -0.3 is 19.9 Å². The Morgan fingerprint density at radius 2 is 2.14 bits per heavy atom. The van der Waals surface area contributed by atoms with Crippen LogP contribution in [0.15, 0.2) is 21.7 Å². The van der Waals surface area contributed by atoms with Gasteiger partial charge in [0.2, 0.25) is 0 Å². The maximum atomic E-state index is 12.3. The smallest absolute Gasteiger partial charge is 0.382 e. The van der Waals surface area contributed by atoms with Crippen LogP contribution in [0.5, 0.6) is 0 Å². The predicted molar refractivity (Wildman–Crippen MR) is 93.4 cm³/mol. The second kappa shape index (κ2) is 8.96. The van der Waals surface area contributed by atoms with Crippen LogP contribution in [-0.2, 0) is 13.6 Å². The van der Waals surface area contributed by atoms with Gasteiger partial charge in [-0.25, -0.2) is 0 Å². The van der Waals surface area contributed by atoms with Crippen LogP contribution in [0.2, 0.25) is 0 Å². The second-order valence-corrected chi connectivity index (χ2v) is 5.52. The molecule has 5 nitrogen and oxygen atoms in total. The second-order valence-electron chi connectivity index (χ2n) is 4.60. The van der Waals surface area contributed by atoms with Crippen molar-refractivity contribution in [2.45, 2.75) is 18.8 Å². The lowest BCUT2D eigenvalue weighted by Crippen LogP contribution is -2.45. The Morgan fingerprint density at radius 1 is 1.55 bits per heavy atom. The molecule has 1 unspecified atom stereocenters. The fourth-order valence-corrected chi connectivity index (χ4v) is 2.30. The Hall–Kier alpha value is -0.490. The van der Waals surface area contributed by atoms with Gasteiger partial charge >= 0.3 is 6.18 Å². The van der Waals surface area contributed by atoms with Crippen LogP contribution in [0.3, 0.4) is 0 Å². The first-order valence-electron chi connectivity index (χ1n) is 6.12. The van der Waals surface area contributed by atoms with Gasteiger partial charge in [-0.15, -0.1) is 24.0 Å². The Morgan fingerprint density at radius 3 is 2.55 bits per heavy atom. The summed E-state index contributed by atoms with van der Waals surface area (Å²) in [4.78, 5) is 5.58. The molecule has 10 heteroatoms. The largest absolute Gasteiger partial charge is 0.416 e. The van der Waals surface area contributed by atoms with Crippen LogP contribution in [0.25, 0.3) is 0 Å². The highest BCUT2D eigenvalue weighted by atomic mass is 127. The van der Waals surface area contributed by atoms with E-state index in [0.29, 0.717) is 6.54 Å². The van der Waals surface area contributed by atoms with Crippen LogP contribution in [0.1, 0.15) is 5.69 Å². The molecule has 0 spiro atoms. The number of hydrogen-bond donors (Lipinski definition) is 2. The third kappa shape index (κ3) is 6.32. The molecule has 0 fully saturated rings. The van der Waals surface area contributed by atoms with Crippen molar-refractivity contribution in [1.82, 2.24) is 14.8 Å². The van der Waals surface area contributed by atoms with Crippen molar-refractivity contribution in [3.63, 3.8) is 0 Å². The zero-order chi connectivity index (χ0) is 16.2. The number of guanidine groups is 1. The highest BCUT2D eigenvalue weighted by Crippen LogP contribution is 2.19. The van der Waals surface area contributed by atoms with E-state index >= 15 is 0 Å². The molecule has 0 aromatic carbocycles. The number of rotatable bonds is 4. The summed E-state index contributed by atoms with van der Waals surface area (Å²) in [6, 6.07) is 1.91. The fourth-order valence-electron chi connectivity index (χ4n) is 1.73. The Kier molecular flexibility index (Phi) is 8.77. The van der Waals surface area contributed by atoms with Crippen molar-refractivity contribution < 1.29 is 18.3 Å². The normalized spacial score (nSPS) is 13.5. The van der Waals surface area contributed by atoms with Crippen LogP contribution >= 0.6 is 39.9 Å². The van der Waals surface area contributed by atoms with Gasteiger partial charge in [-0.3, -0.25) is 4.99 Å². The van der Waals surface area contributed by atoms with Gasteiger partial charge in [0.15, 0.2) is 12.1 Å². The van der Waals surface area contributed by atoms with E-state index in [1.165, 1.54) is 7.05 Å². The van der Waals surface area contributed by atoms with Crippen LogP contribution in [0, 0.1) is 0 Å². The highest BCUT2D eigenvalue weighted by molar-refractivity contribution is 14.0. The summed E-state index contributed by atoms with van der Waals surface area (Å²) in [5.41, 5.74) is 0.962. The Balaban J connectivity index is 0.00000441. The molecule has 0 aliphatic rings. The molecule has 1 aromatic heterocycles. The first kappa shape index (κ1) is 21.5. The van der Waals surface area contributed by atoms with E-state index in [2.05, 4.69) is 26.2 Å². The molecule has 0 aliphatic carbocycles. The summed E-state index contributed by atoms with van der Waals surface area (Å²) in [5, 5.41) is 11.5. The van der Waals surface area contributed by atoms with E-state index in [0.717, 1.165) is 10.2 Å². The van der Waals surface area contributed by atoms with E-state index in [1.54, 1.807) is 11.9 Å². The lowest BCUT2D eigenvalue weighted by molar-refractivity contribution is -0.201. The zero-order valence-electron chi connectivity index (χ0n) is 12.4. The lowest BCUT2D eigenvalue weighted by Gasteiger charge is -2.24. The van der Waals surface area contributed by atoms with Crippen molar-refractivity contribution in [2.75, 3.05) is 20.6 Å². The maximum absolute atomic E-state index is 12.3. The number of aliphatic hydroxyl groups excluding tert-OH is 1. The molecule has 1 heterocycles. The van der Waals surface area contributed by atoms with Gasteiger partial charge in [-0.2, -0.15) is 13.2 Å². The summed E-state index contributed by atoms with van der Waals surface area (Å²) in [5.74, 6) is 0.274. The summed E-state index contributed by atoms with van der Waals surface area (Å²) in [6.07, 6.45) is -5.19. The van der Waals surface area contributed by atoms with Crippen molar-refractivity contribution in [3.05, 3.63) is 22.4 Å². The number of aryl methyl sites for hydroxylation is 1. The van der Waals surface area contributed by atoms with Crippen LogP contribution in [-0.4, -0.2) is 53.5 Å². The summed E-state index contributed by atoms with van der Waals surface area (Å²) in [7, 11) is 5.05. The molecule has 0 saturated heterocycles. The van der Waals surface area contributed by atoms with Gasteiger partial charge in [0.25, 0.3) is 0 Å². The number of aliphatic imine (C=N–C) groups is 1. The SMILES string of the molecule is CN=C(NCC(O)C(F)(F)F)N(C)Cc1cc(Br)cn1C.I. The number of hydrogen-bond acceptors (Lipinski definition) is 2. The molecule has 0 saturated carbocycles. The molecular formula is C12H19BrF3IN4O. The molecule has 0 bridgehead atoms. The van der Waals surface area contributed by atoms with Gasteiger partial charge in [0.05, 0.1) is 13.1 Å². The minimum atomic E-state index is -4.65. The molecular weight excluding hydrogens is 480 g/mol. The van der Waals surface area contributed by atoms with Crippen molar-refractivity contribution in [3.8, 4) is 0 Å². The molecule has 0 radical (unpaired) electrons. The van der Waals surface area contributed by atoms with Gasteiger partial charge in [0.1, 0.15) is 0 Å². The monoisotopic (exact) mass is 498 g/mol. The molecule has 1 rings (SSSR count). The van der Waals surface area contributed by atoms with E-state index in [-0.39, 0.29) is 29.9 Å². The number of nitrogens with one attached hydrogen (secondary N) is 1. The molecule has 0 amide bonds. The quantitative estimate of drug-likeness (QED) is 0.380. The Bertz CT molecular complexity index is 507. The molecule has 0 aliphatic heterocycles. The number of aliphatic hydroxyl groups is 1. The minimum absolute atomic E-state index is 0. The summed E-state index contributed by atoms with van der Waals surface area (Å²) in [6.45, 7) is -0.179. The average molecular weight is 499 g/mol. The molecule has 2 N–H and O–H groups in total. The van der Waals surface area contributed by atoms with Crippen molar-refractivity contribution in [2.24, 2.45) is 12.0 Å². The Labute approximate surface area is 152 Å². The van der Waals surface area contributed by atoms with Crippen LogP contribution < -0.4 is 5.32 Å².